The van der Waals surface area contributed by atoms with Crippen LogP contribution in [0.3, 0.4) is 0 Å². The molecule has 1 amide bonds. The second kappa shape index (κ2) is 5.16. The lowest BCUT2D eigenvalue weighted by molar-refractivity contribution is 0.0653. The number of fused-ring (bicyclic) bond motifs is 1. The molecule has 104 valence electrons. The largest absolute Gasteiger partial charge is 0.465 e. The van der Waals surface area contributed by atoms with Crippen molar-refractivity contribution in [1.82, 2.24) is 4.90 Å². The van der Waals surface area contributed by atoms with Gasteiger partial charge < -0.3 is 10.0 Å². The summed E-state index contributed by atoms with van der Waals surface area (Å²) in [6.45, 7) is 5.87. The summed E-state index contributed by atoms with van der Waals surface area (Å²) < 4.78 is 1.09. The van der Waals surface area contributed by atoms with Gasteiger partial charge in [-0.25, -0.2) is 4.79 Å². The predicted molar refractivity (Wildman–Crippen MR) is 79.6 cm³/mol. The van der Waals surface area contributed by atoms with Crippen molar-refractivity contribution in [1.29, 1.82) is 0 Å². The number of carbonyl (C=O) groups is 1. The molecule has 1 atom stereocenters. The van der Waals surface area contributed by atoms with E-state index in [4.69, 9.17) is 0 Å². The number of nitrogens with zero attached hydrogens (tertiary/aromatic N) is 1. The molecule has 0 bridgehead atoms. The van der Waals surface area contributed by atoms with E-state index in [0.29, 0.717) is 0 Å². The standard InChI is InChI=1S/C15H20BrNO2/c1-15(2,3)17(14(18)19)13-7-5-10-8-12(16)6-4-11(10)9-13/h4,6,8,13H,5,7,9H2,1-3H3,(H,18,19). The Bertz CT molecular complexity index is 493. The van der Waals surface area contributed by atoms with Gasteiger partial charge in [0.25, 0.3) is 0 Å². The second-order valence-electron chi connectivity index (χ2n) is 6.13. The van der Waals surface area contributed by atoms with E-state index < -0.39 is 6.09 Å². The van der Waals surface area contributed by atoms with E-state index in [9.17, 15) is 9.90 Å². The molecular weight excluding hydrogens is 306 g/mol. The third-order valence-corrected chi connectivity index (χ3v) is 4.16. The minimum absolute atomic E-state index is 0.0752. The molecule has 0 saturated carbocycles. The lowest BCUT2D eigenvalue weighted by atomic mass is 9.86. The second-order valence-corrected chi connectivity index (χ2v) is 7.05. The molecule has 0 aliphatic heterocycles. The molecule has 1 aliphatic carbocycles. The zero-order chi connectivity index (χ0) is 14.2. The number of halogens is 1. The van der Waals surface area contributed by atoms with Crippen LogP contribution in [0.2, 0.25) is 0 Å². The number of carboxylic acid groups (broad SMARTS) is 1. The minimum atomic E-state index is -0.821. The number of amides is 1. The predicted octanol–water partition coefficient (Wildman–Crippen LogP) is 4.08. The first kappa shape index (κ1) is 14.4. The van der Waals surface area contributed by atoms with Crippen LogP contribution < -0.4 is 0 Å². The lowest BCUT2D eigenvalue weighted by Crippen LogP contribution is -2.52. The van der Waals surface area contributed by atoms with Crippen LogP contribution in [0.1, 0.15) is 38.3 Å². The molecule has 2 rings (SSSR count). The molecule has 0 saturated heterocycles. The van der Waals surface area contributed by atoms with Crippen molar-refractivity contribution in [2.75, 3.05) is 0 Å². The summed E-state index contributed by atoms with van der Waals surface area (Å²) in [5.41, 5.74) is 2.25. The number of benzene rings is 1. The zero-order valence-electron chi connectivity index (χ0n) is 11.6. The zero-order valence-corrected chi connectivity index (χ0v) is 13.2. The fourth-order valence-electron chi connectivity index (χ4n) is 2.92. The summed E-state index contributed by atoms with van der Waals surface area (Å²) in [6, 6.07) is 6.36. The van der Waals surface area contributed by atoms with Crippen molar-refractivity contribution in [3.8, 4) is 0 Å². The molecule has 1 aromatic rings. The van der Waals surface area contributed by atoms with Gasteiger partial charge in [0.1, 0.15) is 0 Å². The minimum Gasteiger partial charge on any atom is -0.465 e. The van der Waals surface area contributed by atoms with E-state index in [1.165, 1.54) is 11.1 Å². The van der Waals surface area contributed by atoms with Crippen LogP contribution >= 0.6 is 15.9 Å². The maximum atomic E-state index is 11.5. The highest BCUT2D eigenvalue weighted by molar-refractivity contribution is 9.10. The number of hydrogen-bond acceptors (Lipinski definition) is 1. The van der Waals surface area contributed by atoms with Crippen LogP contribution in [0.25, 0.3) is 0 Å². The van der Waals surface area contributed by atoms with Crippen molar-refractivity contribution < 1.29 is 9.90 Å². The van der Waals surface area contributed by atoms with Gasteiger partial charge in [-0.1, -0.05) is 22.0 Å². The van der Waals surface area contributed by atoms with Crippen molar-refractivity contribution in [3.63, 3.8) is 0 Å². The van der Waals surface area contributed by atoms with Crippen LogP contribution in [0.15, 0.2) is 22.7 Å². The Morgan fingerprint density at radius 3 is 2.63 bits per heavy atom. The molecule has 1 aliphatic rings. The smallest absolute Gasteiger partial charge is 0.407 e. The van der Waals surface area contributed by atoms with E-state index in [-0.39, 0.29) is 11.6 Å². The molecule has 1 N–H and O–H groups in total. The third kappa shape index (κ3) is 3.11. The van der Waals surface area contributed by atoms with E-state index in [2.05, 4.69) is 28.1 Å². The molecule has 0 fully saturated rings. The van der Waals surface area contributed by atoms with Crippen molar-refractivity contribution in [2.24, 2.45) is 0 Å². The molecule has 4 heteroatoms. The average Bonchev–Trinajstić information content (AvgIpc) is 2.27. The Morgan fingerprint density at radius 2 is 2.05 bits per heavy atom. The summed E-state index contributed by atoms with van der Waals surface area (Å²) in [5, 5.41) is 9.47. The van der Waals surface area contributed by atoms with Gasteiger partial charge in [-0.3, -0.25) is 0 Å². The van der Waals surface area contributed by atoms with Crippen LogP contribution in [0.4, 0.5) is 4.79 Å². The summed E-state index contributed by atoms with van der Waals surface area (Å²) in [4.78, 5) is 13.1. The van der Waals surface area contributed by atoms with Crippen molar-refractivity contribution in [2.45, 2.75) is 51.6 Å². The molecule has 0 radical (unpaired) electrons. The molecule has 19 heavy (non-hydrogen) atoms. The van der Waals surface area contributed by atoms with Gasteiger partial charge in [0.05, 0.1) is 0 Å². The molecule has 1 unspecified atom stereocenters. The van der Waals surface area contributed by atoms with Gasteiger partial charge in [0.2, 0.25) is 0 Å². The average molecular weight is 326 g/mol. The molecule has 1 aromatic carbocycles. The van der Waals surface area contributed by atoms with Crippen LogP contribution in [-0.2, 0) is 12.8 Å². The number of hydrogen-bond donors (Lipinski definition) is 1. The fourth-order valence-corrected chi connectivity index (χ4v) is 3.32. The summed E-state index contributed by atoms with van der Waals surface area (Å²) >= 11 is 3.48. The Hall–Kier alpha value is -1.03. The van der Waals surface area contributed by atoms with Crippen LogP contribution in [-0.4, -0.2) is 27.7 Å². The van der Waals surface area contributed by atoms with Gasteiger partial charge in [-0.15, -0.1) is 0 Å². The van der Waals surface area contributed by atoms with Gasteiger partial charge in [-0.2, -0.15) is 0 Å². The third-order valence-electron chi connectivity index (χ3n) is 3.66. The van der Waals surface area contributed by atoms with E-state index in [1.807, 2.05) is 26.8 Å². The van der Waals surface area contributed by atoms with Crippen LogP contribution in [0, 0.1) is 0 Å². The van der Waals surface area contributed by atoms with E-state index in [0.717, 1.165) is 23.7 Å². The monoisotopic (exact) mass is 325 g/mol. The van der Waals surface area contributed by atoms with E-state index in [1.54, 1.807) is 4.90 Å². The summed E-state index contributed by atoms with van der Waals surface area (Å²) in [6.07, 6.45) is 1.83. The van der Waals surface area contributed by atoms with Gasteiger partial charge >= 0.3 is 6.09 Å². The van der Waals surface area contributed by atoms with Crippen molar-refractivity contribution >= 4 is 22.0 Å². The van der Waals surface area contributed by atoms with Crippen molar-refractivity contribution in [3.05, 3.63) is 33.8 Å². The Balaban J connectivity index is 2.25. The molecule has 0 spiro atoms. The SMILES string of the molecule is CC(C)(C)N(C(=O)O)C1CCc2cc(Br)ccc2C1. The van der Waals surface area contributed by atoms with Gasteiger partial charge in [0.15, 0.2) is 0 Å². The molecular formula is C15H20BrNO2. The first-order chi connectivity index (χ1) is 8.79. The quantitative estimate of drug-likeness (QED) is 0.844. The maximum Gasteiger partial charge on any atom is 0.407 e. The molecule has 3 nitrogen and oxygen atoms in total. The summed E-state index contributed by atoms with van der Waals surface area (Å²) in [5.74, 6) is 0. The maximum absolute atomic E-state index is 11.5. The molecule has 0 heterocycles. The van der Waals surface area contributed by atoms with Crippen LogP contribution in [0.5, 0.6) is 0 Å². The summed E-state index contributed by atoms with van der Waals surface area (Å²) in [7, 11) is 0. The highest BCUT2D eigenvalue weighted by atomic mass is 79.9. The lowest BCUT2D eigenvalue weighted by Gasteiger charge is -2.41. The first-order valence-corrected chi connectivity index (χ1v) is 7.38. The highest BCUT2D eigenvalue weighted by Gasteiger charge is 2.34. The normalized spacial score (nSPS) is 18.8. The van der Waals surface area contributed by atoms with E-state index >= 15 is 0 Å². The Labute approximate surface area is 122 Å². The number of rotatable bonds is 1. The highest BCUT2D eigenvalue weighted by Crippen LogP contribution is 2.30. The first-order valence-electron chi connectivity index (χ1n) is 6.58. The molecule has 0 aromatic heterocycles. The van der Waals surface area contributed by atoms with Gasteiger partial charge in [0, 0.05) is 16.1 Å². The Morgan fingerprint density at radius 1 is 1.37 bits per heavy atom. The van der Waals surface area contributed by atoms with Gasteiger partial charge in [-0.05, 0) is 63.3 Å². The fraction of sp³-hybridized carbons (Fsp3) is 0.533. The number of aryl methyl sites for hydroxylation is 1. The topological polar surface area (TPSA) is 40.5 Å². The Kier molecular flexibility index (Phi) is 3.90.